The Morgan fingerprint density at radius 2 is 1.92 bits per heavy atom. The van der Waals surface area contributed by atoms with Crippen molar-refractivity contribution in [3.63, 3.8) is 0 Å². The van der Waals surface area contributed by atoms with Gasteiger partial charge in [0.25, 0.3) is 0 Å². The summed E-state index contributed by atoms with van der Waals surface area (Å²) in [4.78, 5) is 23.2. The summed E-state index contributed by atoms with van der Waals surface area (Å²) in [6.07, 6.45) is 4.31. The zero-order valence-corrected chi connectivity index (χ0v) is 15.0. The number of aliphatic carboxylic acids is 1. The number of carboxylic acid groups (broad SMARTS) is 1. The number of ether oxygens (including phenoxy) is 1. The number of methoxy groups -OCH3 is 1. The Kier molecular flexibility index (Phi) is 5.92. The Balaban J connectivity index is 1.88. The zero-order valence-electron chi connectivity index (χ0n) is 15.0. The van der Waals surface area contributed by atoms with E-state index in [0.29, 0.717) is 37.0 Å². The molecule has 142 valence electrons. The van der Waals surface area contributed by atoms with Gasteiger partial charge >= 0.3 is 5.97 Å². The summed E-state index contributed by atoms with van der Waals surface area (Å²) < 4.78 is 5.01. The van der Waals surface area contributed by atoms with Gasteiger partial charge in [0.15, 0.2) is 11.5 Å². The third-order valence-electron chi connectivity index (χ3n) is 5.02. The summed E-state index contributed by atoms with van der Waals surface area (Å²) in [7, 11) is 1.44. The lowest BCUT2D eigenvalue weighted by molar-refractivity contribution is -0.153. The number of carbonyl (C=O) groups is 2. The van der Waals surface area contributed by atoms with Crippen LogP contribution < -0.4 is 10.1 Å². The van der Waals surface area contributed by atoms with Crippen LogP contribution in [-0.2, 0) is 9.59 Å². The van der Waals surface area contributed by atoms with Crippen LogP contribution >= 0.6 is 0 Å². The minimum Gasteiger partial charge on any atom is -0.504 e. The number of rotatable bonds is 6. The molecule has 0 radical (unpaired) electrons. The van der Waals surface area contributed by atoms with Crippen molar-refractivity contribution >= 4 is 18.0 Å². The molecule has 0 spiro atoms. The number of hydrogen-bond acceptors (Lipinski definition) is 5. The van der Waals surface area contributed by atoms with Crippen LogP contribution in [0, 0.1) is 5.41 Å². The summed E-state index contributed by atoms with van der Waals surface area (Å²) >= 11 is 0. The van der Waals surface area contributed by atoms with Gasteiger partial charge in [-0.1, -0.05) is 6.07 Å². The molecule has 7 nitrogen and oxygen atoms in total. The second-order valence-corrected chi connectivity index (χ2v) is 7.07. The maximum absolute atomic E-state index is 12.0. The van der Waals surface area contributed by atoms with E-state index in [0.717, 1.165) is 0 Å². The number of carbonyl (C=O) groups excluding carboxylic acids is 1. The number of aliphatic hydroxyl groups is 1. The molecule has 1 aromatic rings. The summed E-state index contributed by atoms with van der Waals surface area (Å²) in [6.45, 7) is 1.76. The molecular weight excluding hydrogens is 338 g/mol. The van der Waals surface area contributed by atoms with E-state index in [-0.39, 0.29) is 18.2 Å². The van der Waals surface area contributed by atoms with Crippen LogP contribution in [0.2, 0.25) is 0 Å². The SMILES string of the molecule is COc1cc(/C=C/C(=O)NC[C@]2(O)CC[C@@](C)(C(=O)O)CC2)ccc1O. The minimum absolute atomic E-state index is 0.0157. The van der Waals surface area contributed by atoms with Gasteiger partial charge in [0, 0.05) is 12.6 Å². The number of carboxylic acids is 1. The quantitative estimate of drug-likeness (QED) is 0.574. The third kappa shape index (κ3) is 4.76. The van der Waals surface area contributed by atoms with Crippen LogP contribution in [0.15, 0.2) is 24.3 Å². The van der Waals surface area contributed by atoms with Gasteiger partial charge in [-0.05, 0) is 56.4 Å². The number of amides is 1. The molecule has 1 aromatic carbocycles. The van der Waals surface area contributed by atoms with E-state index in [2.05, 4.69) is 5.32 Å². The lowest BCUT2D eigenvalue weighted by Gasteiger charge is -2.39. The molecule has 0 heterocycles. The van der Waals surface area contributed by atoms with Crippen molar-refractivity contribution in [1.29, 1.82) is 0 Å². The van der Waals surface area contributed by atoms with Crippen LogP contribution in [0.4, 0.5) is 0 Å². The topological polar surface area (TPSA) is 116 Å². The number of benzene rings is 1. The maximum atomic E-state index is 12.0. The molecule has 7 heteroatoms. The van der Waals surface area contributed by atoms with Crippen molar-refractivity contribution in [2.75, 3.05) is 13.7 Å². The Morgan fingerprint density at radius 3 is 2.50 bits per heavy atom. The zero-order chi connectivity index (χ0) is 19.4. The summed E-state index contributed by atoms with van der Waals surface area (Å²) in [5.74, 6) is -0.889. The van der Waals surface area contributed by atoms with Gasteiger partial charge in [-0.2, -0.15) is 0 Å². The van der Waals surface area contributed by atoms with Crippen molar-refractivity contribution in [1.82, 2.24) is 5.32 Å². The van der Waals surface area contributed by atoms with Crippen LogP contribution in [0.5, 0.6) is 11.5 Å². The molecule has 4 N–H and O–H groups in total. The normalized spacial score (nSPS) is 25.8. The predicted octanol–water partition coefficient (Wildman–Crippen LogP) is 1.93. The van der Waals surface area contributed by atoms with E-state index < -0.39 is 17.0 Å². The van der Waals surface area contributed by atoms with Gasteiger partial charge in [-0.15, -0.1) is 0 Å². The molecule has 1 aliphatic rings. The van der Waals surface area contributed by atoms with Gasteiger partial charge in [-0.25, -0.2) is 0 Å². The highest BCUT2D eigenvalue weighted by molar-refractivity contribution is 5.91. The number of aromatic hydroxyl groups is 1. The molecule has 1 fully saturated rings. The highest BCUT2D eigenvalue weighted by Crippen LogP contribution is 2.40. The highest BCUT2D eigenvalue weighted by Gasteiger charge is 2.43. The molecule has 0 aromatic heterocycles. The van der Waals surface area contributed by atoms with Gasteiger partial charge in [0.1, 0.15) is 0 Å². The fourth-order valence-electron chi connectivity index (χ4n) is 2.94. The fraction of sp³-hybridized carbons (Fsp3) is 0.474. The number of phenols is 1. The van der Waals surface area contributed by atoms with Crippen molar-refractivity contribution in [2.24, 2.45) is 5.41 Å². The van der Waals surface area contributed by atoms with Crippen LogP contribution in [0.1, 0.15) is 38.2 Å². The Morgan fingerprint density at radius 1 is 1.27 bits per heavy atom. The first-order valence-corrected chi connectivity index (χ1v) is 8.46. The van der Waals surface area contributed by atoms with Crippen LogP contribution in [0.3, 0.4) is 0 Å². The first-order chi connectivity index (χ1) is 12.2. The average Bonchev–Trinajstić information content (AvgIpc) is 2.62. The molecule has 1 amide bonds. The summed E-state index contributed by atoms with van der Waals surface area (Å²) in [5, 5.41) is 32.0. The summed E-state index contributed by atoms with van der Waals surface area (Å²) in [6, 6.07) is 4.71. The second-order valence-electron chi connectivity index (χ2n) is 7.07. The van der Waals surface area contributed by atoms with Gasteiger partial charge in [-0.3, -0.25) is 9.59 Å². The molecule has 1 saturated carbocycles. The van der Waals surface area contributed by atoms with Crippen molar-refractivity contribution in [3.8, 4) is 11.5 Å². The molecule has 0 unspecified atom stereocenters. The number of phenolic OH excluding ortho intramolecular Hbond substituents is 1. The number of nitrogens with one attached hydrogen (secondary N) is 1. The molecule has 0 aliphatic heterocycles. The predicted molar refractivity (Wildman–Crippen MR) is 95.9 cm³/mol. The van der Waals surface area contributed by atoms with E-state index in [9.17, 15) is 24.9 Å². The second kappa shape index (κ2) is 7.78. The summed E-state index contributed by atoms with van der Waals surface area (Å²) in [5.41, 5.74) is -1.21. The lowest BCUT2D eigenvalue weighted by Crippen LogP contribution is -2.48. The first kappa shape index (κ1) is 19.8. The van der Waals surface area contributed by atoms with E-state index in [4.69, 9.17) is 4.74 Å². The first-order valence-electron chi connectivity index (χ1n) is 8.46. The van der Waals surface area contributed by atoms with Crippen molar-refractivity contribution in [2.45, 2.75) is 38.2 Å². The maximum Gasteiger partial charge on any atom is 0.309 e. The molecule has 0 saturated heterocycles. The molecule has 26 heavy (non-hydrogen) atoms. The fourth-order valence-corrected chi connectivity index (χ4v) is 2.94. The Bertz CT molecular complexity index is 704. The van der Waals surface area contributed by atoms with Crippen LogP contribution in [0.25, 0.3) is 6.08 Å². The standard InChI is InChI=1S/C19H25NO6/c1-18(17(23)24)7-9-19(25,10-8-18)12-20-16(22)6-4-13-3-5-14(21)15(11-13)26-2/h3-6,11,21,25H,7-10,12H2,1-2H3,(H,20,22)(H,23,24)/b6-4+/t18-,19+. The molecule has 2 rings (SSSR count). The Hall–Kier alpha value is -2.54. The average molecular weight is 363 g/mol. The van der Waals surface area contributed by atoms with Crippen molar-refractivity contribution in [3.05, 3.63) is 29.8 Å². The van der Waals surface area contributed by atoms with Gasteiger partial charge in [0.05, 0.1) is 18.1 Å². The van der Waals surface area contributed by atoms with E-state index in [1.807, 2.05) is 0 Å². The third-order valence-corrected chi connectivity index (χ3v) is 5.02. The largest absolute Gasteiger partial charge is 0.504 e. The van der Waals surface area contributed by atoms with E-state index >= 15 is 0 Å². The molecule has 0 atom stereocenters. The Labute approximate surface area is 152 Å². The molecular formula is C19H25NO6. The minimum atomic E-state index is -1.08. The molecule has 0 bridgehead atoms. The molecule has 1 aliphatic carbocycles. The van der Waals surface area contributed by atoms with E-state index in [1.54, 1.807) is 25.1 Å². The number of hydrogen-bond donors (Lipinski definition) is 4. The van der Waals surface area contributed by atoms with Gasteiger partial charge in [0.2, 0.25) is 5.91 Å². The van der Waals surface area contributed by atoms with Gasteiger partial charge < -0.3 is 25.4 Å². The van der Waals surface area contributed by atoms with Crippen molar-refractivity contribution < 1.29 is 29.6 Å². The monoisotopic (exact) mass is 363 g/mol. The smallest absolute Gasteiger partial charge is 0.309 e. The highest BCUT2D eigenvalue weighted by atomic mass is 16.5. The lowest BCUT2D eigenvalue weighted by atomic mass is 9.70. The van der Waals surface area contributed by atoms with E-state index in [1.165, 1.54) is 19.3 Å². The van der Waals surface area contributed by atoms with Crippen LogP contribution in [-0.4, -0.2) is 46.5 Å².